The van der Waals surface area contributed by atoms with E-state index < -0.39 is 0 Å². The van der Waals surface area contributed by atoms with Crippen LogP contribution in [0.3, 0.4) is 0 Å². The average Bonchev–Trinajstić information content (AvgIpc) is 2.60. The van der Waals surface area contributed by atoms with Gasteiger partial charge in [0.25, 0.3) is 0 Å². The highest BCUT2D eigenvalue weighted by Crippen LogP contribution is 2.14. The van der Waals surface area contributed by atoms with Crippen LogP contribution in [0.1, 0.15) is 38.7 Å². The van der Waals surface area contributed by atoms with Crippen LogP contribution < -0.4 is 10.6 Å². The zero-order valence-electron chi connectivity index (χ0n) is 11.6. The molecule has 0 radical (unpaired) electrons. The molecule has 2 N–H and O–H groups in total. The number of hydrogen-bond acceptors (Lipinski definition) is 2. The average molecular weight is 248 g/mol. The highest BCUT2D eigenvalue weighted by molar-refractivity contribution is 5.84. The summed E-state index contributed by atoms with van der Waals surface area (Å²) in [6.07, 6.45) is 3.10. The van der Waals surface area contributed by atoms with Crippen LogP contribution >= 0.6 is 0 Å². The summed E-state index contributed by atoms with van der Waals surface area (Å²) < 4.78 is 0. The molecule has 1 aromatic carbocycles. The predicted octanol–water partition coefficient (Wildman–Crippen LogP) is 3.10. The molecule has 1 saturated heterocycles. The van der Waals surface area contributed by atoms with Crippen LogP contribution in [-0.2, 0) is 4.79 Å². The topological polar surface area (TPSA) is 41.1 Å². The first kappa shape index (κ1) is 14.6. The van der Waals surface area contributed by atoms with Crippen LogP contribution in [-0.4, -0.2) is 18.5 Å². The first-order valence-corrected chi connectivity index (χ1v) is 6.86. The molecule has 100 valence electrons. The molecule has 0 spiro atoms. The van der Waals surface area contributed by atoms with Crippen LogP contribution in [0.2, 0.25) is 0 Å². The molecule has 18 heavy (non-hydrogen) atoms. The third kappa shape index (κ3) is 4.40. The van der Waals surface area contributed by atoms with Crippen LogP contribution in [0.4, 0.5) is 5.69 Å². The summed E-state index contributed by atoms with van der Waals surface area (Å²) in [6.45, 7) is 6.87. The molecule has 1 heterocycles. The second-order valence-corrected chi connectivity index (χ2v) is 4.35. The number of anilines is 1. The Kier molecular flexibility index (Phi) is 6.26. The third-order valence-electron chi connectivity index (χ3n) is 2.93. The fourth-order valence-corrected chi connectivity index (χ4v) is 1.93. The van der Waals surface area contributed by atoms with Crippen LogP contribution in [0.25, 0.3) is 0 Å². The smallest absolute Gasteiger partial charge is 0.242 e. The van der Waals surface area contributed by atoms with Crippen molar-refractivity contribution in [1.29, 1.82) is 0 Å². The minimum Gasteiger partial charge on any atom is -0.374 e. The van der Waals surface area contributed by atoms with Crippen molar-refractivity contribution in [3.05, 3.63) is 29.8 Å². The molecule has 2 rings (SSSR count). The fraction of sp³-hybridized carbons (Fsp3) is 0.533. The van der Waals surface area contributed by atoms with Gasteiger partial charge in [-0.05, 0) is 38.3 Å². The van der Waals surface area contributed by atoms with Crippen LogP contribution in [0, 0.1) is 6.92 Å². The molecule has 3 heteroatoms. The minimum atomic E-state index is -0.0785. The highest BCUT2D eigenvalue weighted by atomic mass is 16.2. The number of rotatable bonds is 2. The van der Waals surface area contributed by atoms with Crippen LogP contribution in [0.15, 0.2) is 24.3 Å². The van der Waals surface area contributed by atoms with E-state index in [2.05, 4.69) is 29.7 Å². The Labute approximate surface area is 110 Å². The van der Waals surface area contributed by atoms with Gasteiger partial charge in [-0.2, -0.15) is 0 Å². The van der Waals surface area contributed by atoms with Crippen molar-refractivity contribution in [3.8, 4) is 0 Å². The summed E-state index contributed by atoms with van der Waals surface area (Å²) in [5, 5.41) is 6.21. The maximum Gasteiger partial charge on any atom is 0.242 e. The van der Waals surface area contributed by atoms with Gasteiger partial charge in [0, 0.05) is 12.2 Å². The van der Waals surface area contributed by atoms with E-state index in [0.29, 0.717) is 0 Å². The minimum absolute atomic E-state index is 0.0785. The van der Waals surface area contributed by atoms with Crippen molar-refractivity contribution in [2.45, 2.75) is 46.1 Å². The van der Waals surface area contributed by atoms with Crippen molar-refractivity contribution in [1.82, 2.24) is 5.32 Å². The Morgan fingerprint density at radius 2 is 1.83 bits per heavy atom. The largest absolute Gasteiger partial charge is 0.374 e. The zero-order valence-corrected chi connectivity index (χ0v) is 11.6. The molecular weight excluding hydrogens is 224 g/mol. The zero-order chi connectivity index (χ0) is 13.4. The number of amides is 1. The first-order chi connectivity index (χ1) is 8.75. The number of carbonyl (C=O) groups is 1. The normalized spacial score (nSPS) is 19.1. The Balaban J connectivity index is 0.000000771. The fourth-order valence-electron chi connectivity index (χ4n) is 1.93. The van der Waals surface area contributed by atoms with Gasteiger partial charge in [0.1, 0.15) is 6.04 Å². The lowest BCUT2D eigenvalue weighted by Gasteiger charge is -2.16. The van der Waals surface area contributed by atoms with Crippen molar-refractivity contribution in [2.75, 3.05) is 11.9 Å². The maximum atomic E-state index is 11.7. The summed E-state index contributed by atoms with van der Waals surface area (Å²) in [4.78, 5) is 11.7. The predicted molar refractivity (Wildman–Crippen MR) is 76.8 cm³/mol. The van der Waals surface area contributed by atoms with Gasteiger partial charge < -0.3 is 10.6 Å². The molecule has 1 aliphatic rings. The van der Waals surface area contributed by atoms with Gasteiger partial charge in [0.05, 0.1) is 0 Å². The Morgan fingerprint density at radius 3 is 2.50 bits per heavy atom. The van der Waals surface area contributed by atoms with Gasteiger partial charge in [-0.25, -0.2) is 0 Å². The van der Waals surface area contributed by atoms with Gasteiger partial charge in [0.2, 0.25) is 5.91 Å². The lowest BCUT2D eigenvalue weighted by Crippen LogP contribution is -2.37. The van der Waals surface area contributed by atoms with Crippen molar-refractivity contribution < 1.29 is 4.79 Å². The van der Waals surface area contributed by atoms with E-state index in [1.165, 1.54) is 5.56 Å². The van der Waals surface area contributed by atoms with E-state index in [9.17, 15) is 4.79 Å². The monoisotopic (exact) mass is 248 g/mol. The van der Waals surface area contributed by atoms with Gasteiger partial charge in [-0.1, -0.05) is 31.5 Å². The number of carbonyl (C=O) groups excluding carboxylic acids is 1. The van der Waals surface area contributed by atoms with Gasteiger partial charge in [-0.3, -0.25) is 4.79 Å². The highest BCUT2D eigenvalue weighted by Gasteiger charge is 2.19. The van der Waals surface area contributed by atoms with Crippen molar-refractivity contribution in [2.24, 2.45) is 0 Å². The van der Waals surface area contributed by atoms with E-state index in [4.69, 9.17) is 0 Å². The molecular formula is C15H24N2O. The lowest BCUT2D eigenvalue weighted by molar-refractivity contribution is -0.121. The molecule has 3 nitrogen and oxygen atoms in total. The molecule has 1 amide bonds. The number of benzene rings is 1. The van der Waals surface area contributed by atoms with Crippen molar-refractivity contribution >= 4 is 11.6 Å². The lowest BCUT2D eigenvalue weighted by atomic mass is 10.1. The Bertz CT molecular complexity index is 359. The summed E-state index contributed by atoms with van der Waals surface area (Å²) in [6, 6.07) is 8.07. The molecule has 1 fully saturated rings. The Hall–Kier alpha value is -1.51. The maximum absolute atomic E-state index is 11.7. The van der Waals surface area contributed by atoms with Gasteiger partial charge >= 0.3 is 0 Å². The van der Waals surface area contributed by atoms with Gasteiger partial charge in [-0.15, -0.1) is 0 Å². The van der Waals surface area contributed by atoms with E-state index >= 15 is 0 Å². The molecule has 0 aliphatic carbocycles. The SMILES string of the molecule is CC.Cc1ccc(NC2CCCCNC2=O)cc1. The van der Waals surface area contributed by atoms with Crippen molar-refractivity contribution in [3.63, 3.8) is 0 Å². The Morgan fingerprint density at radius 1 is 1.17 bits per heavy atom. The molecule has 1 aliphatic heterocycles. The molecule has 1 atom stereocenters. The molecule has 0 bridgehead atoms. The number of hydrogen-bond donors (Lipinski definition) is 2. The second-order valence-electron chi connectivity index (χ2n) is 4.35. The van der Waals surface area contributed by atoms with E-state index in [0.717, 1.165) is 31.5 Å². The summed E-state index contributed by atoms with van der Waals surface area (Å²) in [7, 11) is 0. The van der Waals surface area contributed by atoms with Crippen LogP contribution in [0.5, 0.6) is 0 Å². The molecule has 1 aromatic rings. The van der Waals surface area contributed by atoms with E-state index in [1.807, 2.05) is 26.0 Å². The first-order valence-electron chi connectivity index (χ1n) is 6.86. The summed E-state index contributed by atoms with van der Waals surface area (Å²) >= 11 is 0. The summed E-state index contributed by atoms with van der Waals surface area (Å²) in [5.41, 5.74) is 2.25. The quantitative estimate of drug-likeness (QED) is 0.844. The van der Waals surface area contributed by atoms with E-state index in [-0.39, 0.29) is 11.9 Å². The third-order valence-corrected chi connectivity index (χ3v) is 2.93. The standard InChI is InChI=1S/C13H18N2O.C2H6/c1-10-5-7-11(8-6-10)15-12-4-2-3-9-14-13(12)16;1-2/h5-8,12,15H,2-4,9H2,1H3,(H,14,16);1-2H3. The molecule has 1 unspecified atom stereocenters. The molecule has 0 aromatic heterocycles. The van der Waals surface area contributed by atoms with Gasteiger partial charge in [0.15, 0.2) is 0 Å². The number of nitrogens with one attached hydrogen (secondary N) is 2. The molecule has 0 saturated carbocycles. The summed E-state index contributed by atoms with van der Waals surface area (Å²) in [5.74, 6) is 0.123. The number of aryl methyl sites for hydroxylation is 1. The van der Waals surface area contributed by atoms with E-state index in [1.54, 1.807) is 0 Å². The second kappa shape index (κ2) is 7.75.